The Kier molecular flexibility index (Phi) is 5.48. The van der Waals surface area contributed by atoms with Crippen molar-refractivity contribution in [2.24, 2.45) is 0 Å². The molecular formula is C20H18N4O6S2. The summed E-state index contributed by atoms with van der Waals surface area (Å²) < 4.78 is 63.0. The Morgan fingerprint density at radius 2 is 0.969 bits per heavy atom. The molecule has 32 heavy (non-hydrogen) atoms. The summed E-state index contributed by atoms with van der Waals surface area (Å²) in [5.41, 5.74) is 0.775. The minimum Gasteiger partial charge on any atom is -0.497 e. The molecule has 0 atom stereocenters. The van der Waals surface area contributed by atoms with Crippen molar-refractivity contribution in [2.75, 3.05) is 14.2 Å². The first-order valence-corrected chi connectivity index (χ1v) is 12.0. The molecule has 0 saturated heterocycles. The Bertz CT molecular complexity index is 1340. The van der Waals surface area contributed by atoms with Gasteiger partial charge in [0.1, 0.15) is 11.5 Å². The molecule has 12 heteroatoms. The van der Waals surface area contributed by atoms with E-state index in [0.717, 1.165) is 8.17 Å². The summed E-state index contributed by atoms with van der Waals surface area (Å²) >= 11 is 0. The van der Waals surface area contributed by atoms with Crippen molar-refractivity contribution in [3.05, 3.63) is 73.3 Å². The van der Waals surface area contributed by atoms with Crippen LogP contribution in [0.25, 0.3) is 11.1 Å². The first kappa shape index (κ1) is 21.6. The zero-order valence-electron chi connectivity index (χ0n) is 17.0. The monoisotopic (exact) mass is 474 g/mol. The fraction of sp³-hybridized carbons (Fsp3) is 0.100. The number of aromatic nitrogens is 4. The van der Waals surface area contributed by atoms with Crippen molar-refractivity contribution >= 4 is 20.0 Å². The molecule has 10 nitrogen and oxygen atoms in total. The van der Waals surface area contributed by atoms with Gasteiger partial charge in [0.05, 0.1) is 48.8 Å². The van der Waals surface area contributed by atoms with E-state index in [-0.39, 0.29) is 9.79 Å². The second-order valence-corrected chi connectivity index (χ2v) is 10.2. The molecule has 4 aromatic rings. The van der Waals surface area contributed by atoms with Crippen molar-refractivity contribution in [3.8, 4) is 22.6 Å². The van der Waals surface area contributed by atoms with E-state index in [1.807, 2.05) is 0 Å². The quantitative estimate of drug-likeness (QED) is 0.400. The molecule has 0 bridgehead atoms. The van der Waals surface area contributed by atoms with Crippen LogP contribution >= 0.6 is 0 Å². The topological polar surface area (TPSA) is 122 Å². The van der Waals surface area contributed by atoms with Gasteiger partial charge < -0.3 is 9.47 Å². The second kappa shape index (κ2) is 8.13. The maximum Gasteiger partial charge on any atom is 0.282 e. The highest BCUT2D eigenvalue weighted by Gasteiger charge is 2.21. The molecule has 2 aromatic heterocycles. The first-order chi connectivity index (χ1) is 15.3. The predicted molar refractivity (Wildman–Crippen MR) is 115 cm³/mol. The number of rotatable bonds is 7. The molecule has 0 aliphatic rings. The van der Waals surface area contributed by atoms with Crippen molar-refractivity contribution < 1.29 is 26.3 Å². The van der Waals surface area contributed by atoms with E-state index in [9.17, 15) is 16.8 Å². The molecule has 0 aliphatic heterocycles. The molecule has 0 N–H and O–H groups in total. The number of methoxy groups -OCH3 is 2. The van der Waals surface area contributed by atoms with Gasteiger partial charge in [0.2, 0.25) is 0 Å². The maximum absolute atomic E-state index is 12.8. The van der Waals surface area contributed by atoms with Gasteiger partial charge in [0.25, 0.3) is 20.0 Å². The van der Waals surface area contributed by atoms with E-state index in [2.05, 4.69) is 10.2 Å². The molecule has 166 valence electrons. The maximum atomic E-state index is 12.8. The minimum absolute atomic E-state index is 0.0331. The molecule has 2 aromatic carbocycles. The largest absolute Gasteiger partial charge is 0.497 e. The van der Waals surface area contributed by atoms with E-state index in [4.69, 9.17) is 9.47 Å². The molecule has 0 amide bonds. The zero-order chi connectivity index (χ0) is 22.9. The van der Waals surface area contributed by atoms with Gasteiger partial charge in [-0.1, -0.05) is 0 Å². The molecule has 0 fully saturated rings. The Morgan fingerprint density at radius 1 is 0.625 bits per heavy atom. The average molecular weight is 475 g/mol. The SMILES string of the molecule is COc1ccc(S(=O)(=O)n2cc(-c3cnn(S(=O)(=O)c4ccc(OC)cc4)c3)cn2)cc1. The Labute approximate surface area is 184 Å². The van der Waals surface area contributed by atoms with Gasteiger partial charge in [-0.3, -0.25) is 0 Å². The summed E-state index contributed by atoms with van der Waals surface area (Å²) in [6, 6.07) is 11.8. The van der Waals surface area contributed by atoms with Gasteiger partial charge in [0, 0.05) is 11.1 Å². The van der Waals surface area contributed by atoms with Crippen LogP contribution < -0.4 is 9.47 Å². The van der Waals surface area contributed by atoms with E-state index in [1.54, 1.807) is 0 Å². The van der Waals surface area contributed by atoms with Crippen LogP contribution in [0.4, 0.5) is 0 Å². The van der Waals surface area contributed by atoms with Crippen LogP contribution in [-0.4, -0.2) is 49.4 Å². The number of hydrogen-bond donors (Lipinski definition) is 0. The summed E-state index contributed by atoms with van der Waals surface area (Å²) in [7, 11) is -4.89. The van der Waals surface area contributed by atoms with Crippen LogP contribution in [0.2, 0.25) is 0 Å². The minimum atomic E-state index is -3.93. The van der Waals surface area contributed by atoms with Crippen molar-refractivity contribution in [2.45, 2.75) is 9.79 Å². The van der Waals surface area contributed by atoms with Gasteiger partial charge >= 0.3 is 0 Å². The lowest BCUT2D eigenvalue weighted by molar-refractivity contribution is 0.414. The van der Waals surface area contributed by atoms with Gasteiger partial charge in [0.15, 0.2) is 0 Å². The highest BCUT2D eigenvalue weighted by molar-refractivity contribution is 7.90. The summed E-state index contributed by atoms with van der Waals surface area (Å²) in [4.78, 5) is 0.0662. The van der Waals surface area contributed by atoms with Crippen molar-refractivity contribution in [3.63, 3.8) is 0 Å². The van der Waals surface area contributed by atoms with Crippen molar-refractivity contribution in [1.82, 2.24) is 18.4 Å². The zero-order valence-corrected chi connectivity index (χ0v) is 18.6. The highest BCUT2D eigenvalue weighted by atomic mass is 32.2. The van der Waals surface area contributed by atoms with Crippen LogP contribution in [0.5, 0.6) is 11.5 Å². The third-order valence-corrected chi connectivity index (χ3v) is 7.78. The Morgan fingerprint density at radius 3 is 1.28 bits per heavy atom. The summed E-state index contributed by atoms with van der Waals surface area (Å²) in [6.07, 6.45) is 5.23. The number of nitrogens with zero attached hydrogens (tertiary/aromatic N) is 4. The van der Waals surface area contributed by atoms with Gasteiger partial charge in [-0.25, -0.2) is 0 Å². The molecule has 0 aliphatic carbocycles. The fourth-order valence-corrected chi connectivity index (χ4v) is 5.12. The summed E-state index contributed by atoms with van der Waals surface area (Å²) in [5, 5.41) is 7.86. The number of hydrogen-bond acceptors (Lipinski definition) is 8. The van der Waals surface area contributed by atoms with Gasteiger partial charge in [-0.2, -0.15) is 35.2 Å². The van der Waals surface area contributed by atoms with Crippen LogP contribution in [0.15, 0.2) is 83.1 Å². The van der Waals surface area contributed by atoms with Gasteiger partial charge in [-0.05, 0) is 48.5 Å². The molecule has 0 unspecified atom stereocenters. The lowest BCUT2D eigenvalue weighted by Crippen LogP contribution is -2.13. The fourth-order valence-electron chi connectivity index (χ4n) is 2.88. The van der Waals surface area contributed by atoms with E-state index < -0.39 is 20.0 Å². The normalized spacial score (nSPS) is 11.9. The smallest absolute Gasteiger partial charge is 0.282 e. The third kappa shape index (κ3) is 3.85. The Hall–Kier alpha value is -3.64. The number of ether oxygens (including phenoxy) is 2. The lowest BCUT2D eigenvalue weighted by Gasteiger charge is -2.05. The number of benzene rings is 2. The van der Waals surface area contributed by atoms with Crippen molar-refractivity contribution in [1.29, 1.82) is 0 Å². The summed E-state index contributed by atoms with van der Waals surface area (Å²) in [6.45, 7) is 0. The molecule has 2 heterocycles. The van der Waals surface area contributed by atoms with Crippen LogP contribution in [0.1, 0.15) is 0 Å². The average Bonchev–Trinajstić information content (AvgIpc) is 3.49. The summed E-state index contributed by atoms with van der Waals surface area (Å²) in [5.74, 6) is 1.05. The molecule has 0 radical (unpaired) electrons. The lowest BCUT2D eigenvalue weighted by atomic mass is 10.2. The van der Waals surface area contributed by atoms with Gasteiger partial charge in [-0.15, -0.1) is 0 Å². The molecule has 0 saturated carbocycles. The predicted octanol–water partition coefficient (Wildman–Crippen LogP) is 2.24. The second-order valence-electron chi connectivity index (χ2n) is 6.56. The van der Waals surface area contributed by atoms with E-state index >= 15 is 0 Å². The van der Waals surface area contributed by atoms with Crippen LogP contribution in [0, 0.1) is 0 Å². The Balaban J connectivity index is 1.62. The van der Waals surface area contributed by atoms with Crippen LogP contribution in [-0.2, 0) is 20.0 Å². The van der Waals surface area contributed by atoms with Crippen LogP contribution in [0.3, 0.4) is 0 Å². The molecular weight excluding hydrogens is 456 g/mol. The highest BCUT2D eigenvalue weighted by Crippen LogP contribution is 2.24. The third-order valence-electron chi connectivity index (χ3n) is 4.66. The standard InChI is InChI=1S/C20H18N4O6S2/c1-29-17-3-7-19(8-4-17)31(25,26)23-13-15(11-21-23)16-12-22-24(14-16)32(27,28)20-9-5-18(30-2)6-10-20/h3-14H,1-2H3. The molecule has 4 rings (SSSR count). The first-order valence-electron chi connectivity index (χ1n) is 9.15. The molecule has 0 spiro atoms. The van der Waals surface area contributed by atoms with E-state index in [1.165, 1.54) is 87.5 Å². The van der Waals surface area contributed by atoms with E-state index in [0.29, 0.717) is 22.6 Å².